The lowest BCUT2D eigenvalue weighted by Gasteiger charge is -2.07. The molecule has 0 bridgehead atoms. The summed E-state index contributed by atoms with van der Waals surface area (Å²) >= 11 is 3.13. The molecule has 1 aromatic heterocycles. The second kappa shape index (κ2) is 5.69. The number of halogens is 1. The molecule has 0 saturated heterocycles. The van der Waals surface area contributed by atoms with Crippen molar-refractivity contribution in [2.24, 2.45) is 0 Å². The average Bonchev–Trinajstić information content (AvgIpc) is 2.25. The summed E-state index contributed by atoms with van der Waals surface area (Å²) in [5.41, 5.74) is 5.49. The van der Waals surface area contributed by atoms with Crippen LogP contribution in [0.25, 0.3) is 0 Å². The third-order valence-corrected chi connectivity index (χ3v) is 2.65. The van der Waals surface area contributed by atoms with Gasteiger partial charge in [-0.15, -0.1) is 0 Å². The standard InChI is InChI=1S/C10H13BrN2O3/c1-16-9(14)3-2-4-13-5-7(11)10(15)8(12)6-13/h5-6H,2-4,12H2,1H3. The van der Waals surface area contributed by atoms with Gasteiger partial charge in [-0.25, -0.2) is 0 Å². The van der Waals surface area contributed by atoms with E-state index < -0.39 is 0 Å². The number of anilines is 1. The Morgan fingerprint density at radius 2 is 2.25 bits per heavy atom. The van der Waals surface area contributed by atoms with E-state index in [0.717, 1.165) is 0 Å². The minimum atomic E-state index is -0.243. The number of esters is 1. The van der Waals surface area contributed by atoms with Crippen LogP contribution in [0.15, 0.2) is 21.7 Å². The van der Waals surface area contributed by atoms with Crippen molar-refractivity contribution in [2.75, 3.05) is 12.8 Å². The van der Waals surface area contributed by atoms with Gasteiger partial charge in [-0.1, -0.05) is 0 Å². The number of aryl methyl sites for hydroxylation is 1. The van der Waals surface area contributed by atoms with E-state index in [9.17, 15) is 9.59 Å². The van der Waals surface area contributed by atoms with Crippen LogP contribution in [0.2, 0.25) is 0 Å². The first-order valence-corrected chi connectivity index (χ1v) is 5.55. The molecule has 6 heteroatoms. The Bertz CT molecular complexity index is 416. The highest BCUT2D eigenvalue weighted by Gasteiger charge is 2.03. The van der Waals surface area contributed by atoms with Gasteiger partial charge in [0, 0.05) is 25.4 Å². The van der Waals surface area contributed by atoms with E-state index in [4.69, 9.17) is 5.73 Å². The molecule has 2 N–H and O–H groups in total. The Kier molecular flexibility index (Phi) is 4.54. The quantitative estimate of drug-likeness (QED) is 0.844. The summed E-state index contributed by atoms with van der Waals surface area (Å²) in [4.78, 5) is 22.2. The van der Waals surface area contributed by atoms with E-state index >= 15 is 0 Å². The summed E-state index contributed by atoms with van der Waals surface area (Å²) in [5, 5.41) is 0. The molecule has 88 valence electrons. The van der Waals surface area contributed by atoms with Gasteiger partial charge in [-0.05, 0) is 22.4 Å². The van der Waals surface area contributed by atoms with Gasteiger partial charge >= 0.3 is 5.97 Å². The molecule has 1 rings (SSSR count). The molecule has 0 atom stereocenters. The summed E-state index contributed by atoms with van der Waals surface area (Å²) < 4.78 is 6.71. The molecular formula is C10H13BrN2O3. The Labute approximate surface area is 101 Å². The van der Waals surface area contributed by atoms with Gasteiger partial charge in [0.05, 0.1) is 17.3 Å². The molecule has 16 heavy (non-hydrogen) atoms. The molecule has 0 unspecified atom stereocenters. The van der Waals surface area contributed by atoms with Crippen LogP contribution in [-0.2, 0) is 16.1 Å². The lowest BCUT2D eigenvalue weighted by Crippen LogP contribution is -2.13. The van der Waals surface area contributed by atoms with Crippen LogP contribution in [0.5, 0.6) is 0 Å². The lowest BCUT2D eigenvalue weighted by molar-refractivity contribution is -0.140. The van der Waals surface area contributed by atoms with Crippen molar-refractivity contribution in [3.8, 4) is 0 Å². The third-order valence-electron chi connectivity index (χ3n) is 2.09. The largest absolute Gasteiger partial charge is 0.469 e. The smallest absolute Gasteiger partial charge is 0.305 e. The van der Waals surface area contributed by atoms with E-state index in [1.807, 2.05) is 0 Å². The minimum Gasteiger partial charge on any atom is -0.469 e. The molecule has 0 fully saturated rings. The van der Waals surface area contributed by atoms with Gasteiger partial charge in [0.15, 0.2) is 0 Å². The molecule has 0 radical (unpaired) electrons. The first kappa shape index (κ1) is 12.8. The van der Waals surface area contributed by atoms with Gasteiger partial charge in [-0.2, -0.15) is 0 Å². The number of nitrogen functional groups attached to an aromatic ring is 1. The van der Waals surface area contributed by atoms with E-state index in [1.165, 1.54) is 7.11 Å². The zero-order chi connectivity index (χ0) is 12.1. The zero-order valence-electron chi connectivity index (χ0n) is 8.90. The van der Waals surface area contributed by atoms with Crippen molar-refractivity contribution in [1.82, 2.24) is 4.57 Å². The summed E-state index contributed by atoms with van der Waals surface area (Å²) in [7, 11) is 1.36. The fourth-order valence-electron chi connectivity index (χ4n) is 1.25. The van der Waals surface area contributed by atoms with Crippen molar-refractivity contribution >= 4 is 27.6 Å². The second-order valence-electron chi connectivity index (χ2n) is 3.31. The topological polar surface area (TPSA) is 74.3 Å². The molecule has 1 aromatic rings. The maximum absolute atomic E-state index is 11.3. The van der Waals surface area contributed by atoms with E-state index in [-0.39, 0.29) is 17.1 Å². The van der Waals surface area contributed by atoms with Crippen LogP contribution < -0.4 is 11.2 Å². The molecule has 0 aliphatic heterocycles. The monoisotopic (exact) mass is 288 g/mol. The summed E-state index contributed by atoms with van der Waals surface area (Å²) in [6, 6.07) is 0. The molecule has 0 amide bonds. The number of rotatable bonds is 4. The number of pyridine rings is 1. The van der Waals surface area contributed by atoms with Crippen molar-refractivity contribution in [1.29, 1.82) is 0 Å². The maximum atomic E-state index is 11.3. The molecule has 0 aliphatic carbocycles. The summed E-state index contributed by atoms with van der Waals surface area (Å²) in [6.07, 6.45) is 4.20. The molecule has 1 heterocycles. The van der Waals surface area contributed by atoms with E-state index in [0.29, 0.717) is 23.9 Å². The predicted octanol–water partition coefficient (Wildman–Crippen LogP) is 1.15. The van der Waals surface area contributed by atoms with Crippen LogP contribution >= 0.6 is 15.9 Å². The zero-order valence-corrected chi connectivity index (χ0v) is 10.5. The average molecular weight is 289 g/mol. The Balaban J connectivity index is 2.62. The van der Waals surface area contributed by atoms with Crippen LogP contribution in [0.4, 0.5) is 5.69 Å². The second-order valence-corrected chi connectivity index (χ2v) is 4.16. The fourth-order valence-corrected chi connectivity index (χ4v) is 1.75. The number of aromatic nitrogens is 1. The van der Waals surface area contributed by atoms with Gasteiger partial charge in [-0.3, -0.25) is 9.59 Å². The Hall–Kier alpha value is -1.30. The van der Waals surface area contributed by atoms with Crippen LogP contribution in [0.1, 0.15) is 12.8 Å². The SMILES string of the molecule is COC(=O)CCCn1cc(N)c(=O)c(Br)c1. The molecular weight excluding hydrogens is 276 g/mol. The summed E-state index contributed by atoms with van der Waals surface area (Å²) in [5.74, 6) is -0.243. The first-order valence-electron chi connectivity index (χ1n) is 4.76. The number of ether oxygens (including phenoxy) is 1. The molecule has 5 nitrogen and oxygen atoms in total. The normalized spacial score (nSPS) is 10.1. The molecule has 0 saturated carbocycles. The molecule has 0 aromatic carbocycles. The van der Waals surface area contributed by atoms with Gasteiger partial charge in [0.2, 0.25) is 5.43 Å². The molecule has 0 spiro atoms. The van der Waals surface area contributed by atoms with Crippen LogP contribution in [0, 0.1) is 0 Å². The van der Waals surface area contributed by atoms with Crippen LogP contribution in [0.3, 0.4) is 0 Å². The first-order chi connectivity index (χ1) is 7.54. The highest BCUT2D eigenvalue weighted by atomic mass is 79.9. The van der Waals surface area contributed by atoms with Crippen molar-refractivity contribution in [2.45, 2.75) is 19.4 Å². The Morgan fingerprint density at radius 1 is 1.56 bits per heavy atom. The minimum absolute atomic E-state index is 0.187. The van der Waals surface area contributed by atoms with E-state index in [2.05, 4.69) is 20.7 Å². The summed E-state index contributed by atoms with van der Waals surface area (Å²) in [6.45, 7) is 0.609. The fraction of sp³-hybridized carbons (Fsp3) is 0.400. The number of hydrogen-bond acceptors (Lipinski definition) is 4. The Morgan fingerprint density at radius 3 is 2.81 bits per heavy atom. The van der Waals surface area contributed by atoms with Crippen molar-refractivity contribution < 1.29 is 9.53 Å². The highest BCUT2D eigenvalue weighted by molar-refractivity contribution is 9.10. The highest BCUT2D eigenvalue weighted by Crippen LogP contribution is 2.07. The predicted molar refractivity (Wildman–Crippen MR) is 64.1 cm³/mol. The number of nitrogens with two attached hydrogens (primary N) is 1. The number of carbonyl (C=O) groups excluding carboxylic acids is 1. The number of methoxy groups -OCH3 is 1. The van der Waals surface area contributed by atoms with Gasteiger partial charge < -0.3 is 15.0 Å². The number of hydrogen-bond donors (Lipinski definition) is 1. The number of nitrogens with zero attached hydrogens (tertiary/aromatic N) is 1. The van der Waals surface area contributed by atoms with Crippen molar-refractivity contribution in [3.63, 3.8) is 0 Å². The van der Waals surface area contributed by atoms with E-state index in [1.54, 1.807) is 17.0 Å². The maximum Gasteiger partial charge on any atom is 0.305 e. The number of carbonyl (C=O) groups is 1. The molecule has 0 aliphatic rings. The van der Waals surface area contributed by atoms with Crippen molar-refractivity contribution in [3.05, 3.63) is 27.1 Å². The van der Waals surface area contributed by atoms with Gasteiger partial charge in [0.25, 0.3) is 0 Å². The van der Waals surface area contributed by atoms with Gasteiger partial charge in [0.1, 0.15) is 0 Å². The third kappa shape index (κ3) is 3.37. The van der Waals surface area contributed by atoms with Crippen LogP contribution in [-0.4, -0.2) is 17.6 Å². The lowest BCUT2D eigenvalue weighted by atomic mass is 10.3.